The minimum atomic E-state index is -0.747. The van der Waals surface area contributed by atoms with Gasteiger partial charge in [0, 0.05) is 0 Å². The lowest BCUT2D eigenvalue weighted by Gasteiger charge is -2.14. The van der Waals surface area contributed by atoms with Crippen LogP contribution in [0.25, 0.3) is 0 Å². The number of halogens is 1. The molecule has 0 rings (SSSR count). The molecule has 5 heteroatoms. The highest BCUT2D eigenvalue weighted by molar-refractivity contribution is 14.1. The van der Waals surface area contributed by atoms with Crippen LogP contribution >= 0.6 is 22.6 Å². The molecule has 0 aliphatic rings. The van der Waals surface area contributed by atoms with Gasteiger partial charge in [-0.3, -0.25) is 9.59 Å². The van der Waals surface area contributed by atoms with Crippen LogP contribution in [0.15, 0.2) is 0 Å². The van der Waals surface area contributed by atoms with Crippen LogP contribution in [-0.2, 0) is 19.1 Å². The van der Waals surface area contributed by atoms with Gasteiger partial charge in [0.1, 0.15) is 0 Å². The van der Waals surface area contributed by atoms with Crippen LogP contribution in [0.4, 0.5) is 0 Å². The third-order valence-corrected chi connectivity index (χ3v) is 4.78. The Labute approximate surface area is 161 Å². The molecule has 142 valence electrons. The van der Waals surface area contributed by atoms with Crippen LogP contribution in [0.2, 0.25) is 0 Å². The number of alkyl halides is 1. The maximum absolute atomic E-state index is 11.8. The van der Waals surface area contributed by atoms with Gasteiger partial charge in [-0.1, -0.05) is 80.4 Å². The van der Waals surface area contributed by atoms with E-state index in [1.54, 1.807) is 13.8 Å². The lowest BCUT2D eigenvalue weighted by Crippen LogP contribution is -2.28. The van der Waals surface area contributed by atoms with Crippen LogP contribution in [0.1, 0.15) is 84.5 Å². The molecule has 0 saturated carbocycles. The highest BCUT2D eigenvalue weighted by Crippen LogP contribution is 2.16. The summed E-state index contributed by atoms with van der Waals surface area (Å²) >= 11 is 2.44. The summed E-state index contributed by atoms with van der Waals surface area (Å²) in [4.78, 5) is 23.7. The van der Waals surface area contributed by atoms with E-state index in [1.165, 1.54) is 55.8 Å². The predicted octanol–water partition coefficient (Wildman–Crippen LogP) is 5.45. The van der Waals surface area contributed by atoms with Crippen molar-refractivity contribution in [2.75, 3.05) is 17.6 Å². The Hall–Kier alpha value is -0.330. The number of esters is 2. The molecule has 0 bridgehead atoms. The molecule has 0 aromatic heterocycles. The van der Waals surface area contributed by atoms with E-state index in [0.717, 1.165) is 12.8 Å². The molecule has 0 atom stereocenters. The molecule has 0 spiro atoms. The van der Waals surface area contributed by atoms with Gasteiger partial charge in [-0.25, -0.2) is 0 Å². The Balaban J connectivity index is 3.72. The van der Waals surface area contributed by atoms with E-state index in [1.807, 2.05) is 0 Å². The van der Waals surface area contributed by atoms with E-state index in [2.05, 4.69) is 22.6 Å². The summed E-state index contributed by atoms with van der Waals surface area (Å²) in [5.41, 5.74) is 0. The summed E-state index contributed by atoms with van der Waals surface area (Å²) in [6.45, 7) is 4.10. The van der Waals surface area contributed by atoms with Gasteiger partial charge in [-0.15, -0.1) is 0 Å². The second-order valence-corrected chi connectivity index (χ2v) is 7.15. The SMILES string of the molecule is CCOC(=O)C(CCCCCCCCCCCCI)C(=O)OCC. The van der Waals surface area contributed by atoms with Crippen molar-refractivity contribution in [3.8, 4) is 0 Å². The van der Waals surface area contributed by atoms with E-state index in [-0.39, 0.29) is 0 Å². The molecule has 0 aliphatic carbocycles. The average molecular weight is 454 g/mol. The third kappa shape index (κ3) is 13.0. The molecule has 0 aliphatic heterocycles. The van der Waals surface area contributed by atoms with Gasteiger partial charge in [-0.05, 0) is 31.1 Å². The second-order valence-electron chi connectivity index (χ2n) is 6.07. The Morgan fingerprint density at radius 3 is 1.46 bits per heavy atom. The smallest absolute Gasteiger partial charge is 0.320 e. The van der Waals surface area contributed by atoms with Gasteiger partial charge >= 0.3 is 11.9 Å². The van der Waals surface area contributed by atoms with Crippen molar-refractivity contribution in [1.29, 1.82) is 0 Å². The number of rotatable bonds is 16. The molecule has 0 radical (unpaired) electrons. The summed E-state index contributed by atoms with van der Waals surface area (Å²) in [6.07, 6.45) is 12.9. The quantitative estimate of drug-likeness (QED) is 0.102. The second kappa shape index (κ2) is 17.5. The monoisotopic (exact) mass is 454 g/mol. The number of ether oxygens (including phenoxy) is 2. The number of carbonyl (C=O) groups excluding carboxylic acids is 2. The maximum atomic E-state index is 11.8. The van der Waals surface area contributed by atoms with Crippen molar-refractivity contribution in [2.24, 2.45) is 5.92 Å². The summed E-state index contributed by atoms with van der Waals surface area (Å²) in [6, 6.07) is 0. The van der Waals surface area contributed by atoms with Gasteiger partial charge in [0.2, 0.25) is 0 Å². The molecule has 0 fully saturated rings. The highest BCUT2D eigenvalue weighted by atomic mass is 127. The predicted molar refractivity (Wildman–Crippen MR) is 106 cm³/mol. The molecular weight excluding hydrogens is 419 g/mol. The van der Waals surface area contributed by atoms with Gasteiger partial charge in [-0.2, -0.15) is 0 Å². The summed E-state index contributed by atoms with van der Waals surface area (Å²) < 4.78 is 11.2. The fourth-order valence-corrected chi connectivity index (χ4v) is 3.21. The van der Waals surface area contributed by atoms with Crippen LogP contribution in [0, 0.1) is 5.92 Å². The topological polar surface area (TPSA) is 52.6 Å². The lowest BCUT2D eigenvalue weighted by atomic mass is 10.00. The zero-order valence-corrected chi connectivity index (χ0v) is 17.6. The molecule has 0 aromatic rings. The number of hydrogen-bond donors (Lipinski definition) is 0. The molecule has 0 heterocycles. The summed E-state index contributed by atoms with van der Waals surface area (Å²) in [5.74, 6) is -1.63. The first kappa shape index (κ1) is 23.7. The van der Waals surface area contributed by atoms with E-state index in [4.69, 9.17) is 9.47 Å². The molecule has 0 amide bonds. The van der Waals surface area contributed by atoms with Gasteiger partial charge < -0.3 is 9.47 Å². The number of unbranched alkanes of at least 4 members (excludes halogenated alkanes) is 9. The lowest BCUT2D eigenvalue weighted by molar-refractivity contribution is -0.161. The van der Waals surface area contributed by atoms with Gasteiger partial charge in [0.05, 0.1) is 13.2 Å². The highest BCUT2D eigenvalue weighted by Gasteiger charge is 2.28. The van der Waals surface area contributed by atoms with Crippen molar-refractivity contribution in [3.05, 3.63) is 0 Å². The minimum Gasteiger partial charge on any atom is -0.465 e. The van der Waals surface area contributed by atoms with Crippen molar-refractivity contribution in [1.82, 2.24) is 0 Å². The normalized spacial score (nSPS) is 10.8. The minimum absolute atomic E-state index is 0.298. The van der Waals surface area contributed by atoms with Gasteiger partial charge in [0.25, 0.3) is 0 Å². The van der Waals surface area contributed by atoms with Gasteiger partial charge in [0.15, 0.2) is 5.92 Å². The standard InChI is InChI=1S/C19H35IO4/c1-3-23-18(21)17(19(22)24-4-2)15-13-11-9-7-5-6-8-10-12-14-16-20/h17H,3-16H2,1-2H3. The first-order valence-corrected chi connectivity index (χ1v) is 11.1. The summed E-state index contributed by atoms with van der Waals surface area (Å²) in [7, 11) is 0. The van der Waals surface area contributed by atoms with E-state index < -0.39 is 17.9 Å². The largest absolute Gasteiger partial charge is 0.465 e. The van der Waals surface area contributed by atoms with Crippen molar-refractivity contribution < 1.29 is 19.1 Å². The molecule has 0 aromatic carbocycles. The van der Waals surface area contributed by atoms with E-state index >= 15 is 0 Å². The first-order chi connectivity index (χ1) is 11.7. The van der Waals surface area contributed by atoms with Crippen molar-refractivity contribution >= 4 is 34.5 Å². The van der Waals surface area contributed by atoms with Crippen LogP contribution in [0.3, 0.4) is 0 Å². The molecule has 0 N–H and O–H groups in total. The average Bonchev–Trinajstić information content (AvgIpc) is 2.56. The van der Waals surface area contributed by atoms with Crippen LogP contribution < -0.4 is 0 Å². The Morgan fingerprint density at radius 2 is 1.08 bits per heavy atom. The van der Waals surface area contributed by atoms with E-state index in [0.29, 0.717) is 19.6 Å². The zero-order chi connectivity index (χ0) is 18.0. The number of hydrogen-bond acceptors (Lipinski definition) is 4. The fraction of sp³-hybridized carbons (Fsp3) is 0.895. The summed E-state index contributed by atoms with van der Waals surface area (Å²) in [5, 5.41) is 0. The van der Waals surface area contributed by atoms with Crippen LogP contribution in [-0.4, -0.2) is 29.6 Å². The Morgan fingerprint density at radius 1 is 0.708 bits per heavy atom. The van der Waals surface area contributed by atoms with E-state index in [9.17, 15) is 9.59 Å². The zero-order valence-electron chi connectivity index (χ0n) is 15.5. The molecular formula is C19H35IO4. The third-order valence-electron chi connectivity index (χ3n) is 4.02. The van der Waals surface area contributed by atoms with Crippen molar-refractivity contribution in [3.63, 3.8) is 0 Å². The van der Waals surface area contributed by atoms with Crippen LogP contribution in [0.5, 0.6) is 0 Å². The molecule has 0 unspecified atom stereocenters. The first-order valence-electron chi connectivity index (χ1n) is 9.56. The Kier molecular flexibility index (Phi) is 17.3. The van der Waals surface area contributed by atoms with Crippen molar-refractivity contribution in [2.45, 2.75) is 84.5 Å². The molecule has 24 heavy (non-hydrogen) atoms. The molecule has 0 saturated heterocycles. The Bertz CT molecular complexity index is 302. The fourth-order valence-electron chi connectivity index (χ4n) is 2.67. The number of carbonyl (C=O) groups is 2. The molecule has 4 nitrogen and oxygen atoms in total. The maximum Gasteiger partial charge on any atom is 0.320 e.